The zero-order chi connectivity index (χ0) is 38.4. The average molecular weight is 732 g/mol. The van der Waals surface area contributed by atoms with Crippen molar-refractivity contribution in [3.8, 4) is 0 Å². The Balaban J connectivity index is 1.05. The van der Waals surface area contributed by atoms with Crippen LogP contribution in [-0.4, -0.2) is 44.5 Å². The molecule has 4 aromatic rings. The van der Waals surface area contributed by atoms with Gasteiger partial charge in [-0.1, -0.05) is 49.7 Å². The molecule has 2 heterocycles. The van der Waals surface area contributed by atoms with E-state index in [1.165, 1.54) is 12.3 Å². The molecule has 0 bridgehead atoms. The first-order chi connectivity index (χ1) is 25.8. The molecule has 3 aliphatic carbocycles. The van der Waals surface area contributed by atoms with Gasteiger partial charge in [-0.25, -0.2) is 0 Å². The molecule has 8 nitrogen and oxygen atoms in total. The lowest BCUT2D eigenvalue weighted by Crippen LogP contribution is -2.55. The van der Waals surface area contributed by atoms with Crippen LogP contribution in [0, 0.1) is 0 Å². The molecule has 274 valence electrons. The number of hydrogen-bond acceptors (Lipinski definition) is 7. The van der Waals surface area contributed by atoms with Gasteiger partial charge in [0, 0.05) is 86.7 Å². The van der Waals surface area contributed by atoms with Crippen LogP contribution in [0.25, 0.3) is 0 Å². The van der Waals surface area contributed by atoms with E-state index in [0.717, 1.165) is 24.2 Å². The summed E-state index contributed by atoms with van der Waals surface area (Å²) in [5.41, 5.74) is 3.08. The van der Waals surface area contributed by atoms with E-state index < -0.39 is 17.3 Å². The van der Waals surface area contributed by atoms with Crippen molar-refractivity contribution in [1.82, 2.24) is 15.3 Å². The Morgan fingerprint density at radius 3 is 1.94 bits per heavy atom. The number of pyridine rings is 2. The van der Waals surface area contributed by atoms with Gasteiger partial charge in [0.05, 0.1) is 11.1 Å². The van der Waals surface area contributed by atoms with Crippen LogP contribution in [0.2, 0.25) is 0 Å². The number of benzene rings is 2. The van der Waals surface area contributed by atoms with E-state index in [1.807, 2.05) is 6.92 Å². The van der Waals surface area contributed by atoms with E-state index in [4.69, 9.17) is 0 Å². The van der Waals surface area contributed by atoms with Crippen LogP contribution >= 0.6 is 0 Å². The number of Topliss-reactive ketones (excluding diaryl/α,β-unsaturated/α-hetero) is 4. The second-order valence-electron chi connectivity index (χ2n) is 14.2. The maximum absolute atomic E-state index is 13.9. The molecular weight excluding hydrogens is 695 g/mol. The number of fused-ring (bicyclic) bond motifs is 2. The van der Waals surface area contributed by atoms with Gasteiger partial charge in [0.1, 0.15) is 0 Å². The lowest BCUT2D eigenvalue weighted by atomic mass is 9.71. The highest BCUT2D eigenvalue weighted by Crippen LogP contribution is 2.38. The van der Waals surface area contributed by atoms with Crippen LogP contribution in [0.15, 0.2) is 101 Å². The third-order valence-corrected chi connectivity index (χ3v) is 10.7. The number of carbonyl (C=O) groups excluding carboxylic acids is 5. The molecule has 11 heteroatoms. The molecule has 0 unspecified atom stereocenters. The van der Waals surface area contributed by atoms with Crippen molar-refractivity contribution in [2.75, 3.05) is 0 Å². The number of allylic oxidation sites excluding steroid dienone is 4. The van der Waals surface area contributed by atoms with Crippen molar-refractivity contribution >= 4 is 29.0 Å². The molecule has 7 rings (SSSR count). The molecule has 1 N–H and O–H groups in total. The quantitative estimate of drug-likeness (QED) is 0.175. The van der Waals surface area contributed by atoms with Gasteiger partial charge in [-0.3, -0.25) is 33.9 Å². The van der Waals surface area contributed by atoms with Crippen molar-refractivity contribution in [2.45, 2.75) is 76.9 Å². The number of carbonyl (C=O) groups is 5. The van der Waals surface area contributed by atoms with Crippen LogP contribution in [-0.2, 0) is 25.4 Å². The Morgan fingerprint density at radius 2 is 1.35 bits per heavy atom. The summed E-state index contributed by atoms with van der Waals surface area (Å²) in [4.78, 5) is 75.6. The molecule has 0 aliphatic heterocycles. The van der Waals surface area contributed by atoms with E-state index in [9.17, 15) is 37.1 Å². The maximum atomic E-state index is 13.9. The molecule has 1 fully saturated rings. The molecule has 0 saturated heterocycles. The van der Waals surface area contributed by atoms with Gasteiger partial charge in [-0.05, 0) is 74.9 Å². The average Bonchev–Trinajstić information content (AvgIpc) is 3.15. The Labute approximate surface area is 309 Å². The number of amides is 1. The van der Waals surface area contributed by atoms with Gasteiger partial charge >= 0.3 is 6.18 Å². The number of nitrogens with one attached hydrogen (secondary N) is 1. The Kier molecular flexibility index (Phi) is 9.59. The Morgan fingerprint density at radius 1 is 0.741 bits per heavy atom. The predicted molar refractivity (Wildman–Crippen MR) is 193 cm³/mol. The summed E-state index contributed by atoms with van der Waals surface area (Å²) >= 11 is 0. The van der Waals surface area contributed by atoms with E-state index in [2.05, 4.69) is 15.3 Å². The third kappa shape index (κ3) is 6.86. The summed E-state index contributed by atoms with van der Waals surface area (Å²) in [5, 5.41) is 3.18. The first kappa shape index (κ1) is 36.5. The number of rotatable bonds is 10. The molecule has 2 aromatic heterocycles. The number of hydrogen-bond donors (Lipinski definition) is 1. The summed E-state index contributed by atoms with van der Waals surface area (Å²) < 4.78 is 39.2. The molecule has 3 aliphatic rings. The molecule has 2 aromatic carbocycles. The molecule has 0 atom stereocenters. The molecule has 1 saturated carbocycles. The Hall–Kier alpha value is -5.84. The molecule has 0 radical (unpaired) electrons. The summed E-state index contributed by atoms with van der Waals surface area (Å²) in [6.07, 6.45) is 1.41. The fraction of sp³-hybridized carbons (Fsp3) is 0.279. The van der Waals surface area contributed by atoms with Gasteiger partial charge in [-0.2, -0.15) is 13.2 Å². The highest BCUT2D eigenvalue weighted by Gasteiger charge is 2.40. The van der Waals surface area contributed by atoms with Crippen LogP contribution in [0.1, 0.15) is 120 Å². The normalized spacial score (nSPS) is 16.6. The molecule has 54 heavy (non-hydrogen) atoms. The molecule has 1 amide bonds. The third-order valence-electron chi connectivity index (χ3n) is 10.7. The van der Waals surface area contributed by atoms with E-state index in [0.29, 0.717) is 71.2 Å². The van der Waals surface area contributed by atoms with Crippen molar-refractivity contribution in [1.29, 1.82) is 0 Å². The monoisotopic (exact) mass is 731 g/mol. The second kappa shape index (κ2) is 14.2. The first-order valence-electron chi connectivity index (χ1n) is 17.9. The zero-order valence-corrected chi connectivity index (χ0v) is 29.7. The predicted octanol–water partition coefficient (Wildman–Crippen LogP) is 8.05. The summed E-state index contributed by atoms with van der Waals surface area (Å²) in [6, 6.07) is 17.3. The van der Waals surface area contributed by atoms with Crippen molar-refractivity contribution in [3.05, 3.63) is 152 Å². The molecule has 0 spiro atoms. The van der Waals surface area contributed by atoms with Gasteiger partial charge in [0.25, 0.3) is 5.91 Å². The van der Waals surface area contributed by atoms with Crippen LogP contribution in [0.3, 0.4) is 0 Å². The maximum Gasteiger partial charge on any atom is 0.417 e. The largest absolute Gasteiger partial charge is 0.417 e. The van der Waals surface area contributed by atoms with Gasteiger partial charge < -0.3 is 5.32 Å². The summed E-state index contributed by atoms with van der Waals surface area (Å²) in [7, 11) is 0. The SMILES string of the molecule is CCCC1=C(Cc2ccc(C(F)(F)F)cn2)C(=O)c2ccc(CC3(NC(=O)c4ccc(CC5=C(C)C(=O)c6ccccc6C5=O)nc4)CCC3)cc2C1=O. The van der Waals surface area contributed by atoms with Crippen LogP contribution in [0.5, 0.6) is 0 Å². The van der Waals surface area contributed by atoms with Gasteiger partial charge in [0.2, 0.25) is 0 Å². The number of halogens is 3. The van der Waals surface area contributed by atoms with E-state index in [1.54, 1.807) is 61.5 Å². The minimum absolute atomic E-state index is 0.0615. The van der Waals surface area contributed by atoms with Crippen molar-refractivity contribution in [2.24, 2.45) is 0 Å². The topological polar surface area (TPSA) is 123 Å². The van der Waals surface area contributed by atoms with Crippen molar-refractivity contribution < 1.29 is 37.1 Å². The number of nitrogens with zero attached hydrogens (tertiary/aromatic N) is 2. The van der Waals surface area contributed by atoms with Crippen LogP contribution in [0.4, 0.5) is 13.2 Å². The fourth-order valence-corrected chi connectivity index (χ4v) is 7.53. The van der Waals surface area contributed by atoms with E-state index >= 15 is 0 Å². The Bertz CT molecular complexity index is 2300. The van der Waals surface area contributed by atoms with Crippen molar-refractivity contribution in [3.63, 3.8) is 0 Å². The van der Waals surface area contributed by atoms with Gasteiger partial charge in [-0.15, -0.1) is 0 Å². The van der Waals surface area contributed by atoms with E-state index in [-0.39, 0.29) is 64.3 Å². The molecular formula is C43H36F3N3O5. The summed E-state index contributed by atoms with van der Waals surface area (Å²) in [6.45, 7) is 3.53. The summed E-state index contributed by atoms with van der Waals surface area (Å²) in [5.74, 6) is -1.35. The highest BCUT2D eigenvalue weighted by atomic mass is 19.4. The number of ketones is 4. The van der Waals surface area contributed by atoms with Gasteiger partial charge in [0.15, 0.2) is 23.1 Å². The zero-order valence-electron chi connectivity index (χ0n) is 29.7. The fourth-order valence-electron chi connectivity index (χ4n) is 7.53. The lowest BCUT2D eigenvalue weighted by Gasteiger charge is -2.43. The number of alkyl halides is 3. The highest BCUT2D eigenvalue weighted by molar-refractivity contribution is 6.27. The lowest BCUT2D eigenvalue weighted by molar-refractivity contribution is -0.137. The van der Waals surface area contributed by atoms with Crippen LogP contribution < -0.4 is 5.32 Å². The number of aromatic nitrogens is 2. The standard InChI is InChI=1S/C43H36F3N3O5/c1-3-7-30-36(20-29-14-12-27(23-48-29)43(44,45)46)40(53)33-15-10-25(18-35(33)39(30)52)21-42(16-6-17-42)49-41(54)26-11-13-28(47-22-26)19-34-24(2)37(50)31-8-4-5-9-32(31)38(34)51/h4-5,8-15,18,22-23H,3,6-7,16-17,19-21H2,1-2H3,(H,49,54). The first-order valence-corrected chi connectivity index (χ1v) is 17.9. The minimum atomic E-state index is -4.54. The minimum Gasteiger partial charge on any atom is -0.346 e. The smallest absolute Gasteiger partial charge is 0.346 e. The second-order valence-corrected chi connectivity index (χ2v) is 14.2.